The van der Waals surface area contributed by atoms with Crippen molar-refractivity contribution in [1.82, 2.24) is 0 Å². The molecule has 0 atom stereocenters. The number of aryl methyl sites for hydroxylation is 1. The zero-order chi connectivity index (χ0) is 15.6. The lowest BCUT2D eigenvalue weighted by Crippen LogP contribution is -1.96. The van der Waals surface area contributed by atoms with Gasteiger partial charge >= 0.3 is 0 Å². The lowest BCUT2D eigenvalue weighted by atomic mass is 10.1. The van der Waals surface area contributed by atoms with Gasteiger partial charge in [-0.25, -0.2) is 0 Å². The molecule has 0 aliphatic rings. The van der Waals surface area contributed by atoms with Crippen molar-refractivity contribution in [1.29, 1.82) is 0 Å². The van der Waals surface area contributed by atoms with Gasteiger partial charge in [0.05, 0.1) is 13.2 Å². The molecule has 0 aliphatic heterocycles. The third kappa shape index (κ3) is 4.66. The van der Waals surface area contributed by atoms with E-state index >= 15 is 0 Å². The van der Waals surface area contributed by atoms with Gasteiger partial charge in [0.25, 0.3) is 0 Å². The highest BCUT2D eigenvalue weighted by atomic mass is 16.5. The molecule has 0 saturated carbocycles. The van der Waals surface area contributed by atoms with Crippen molar-refractivity contribution in [3.05, 3.63) is 65.7 Å². The Bertz CT molecular complexity index is 602. The largest absolute Gasteiger partial charge is 0.494 e. The van der Waals surface area contributed by atoms with E-state index in [1.165, 1.54) is 5.56 Å². The number of rotatable bonds is 8. The molecular formula is C20H24O2. The zero-order valence-corrected chi connectivity index (χ0v) is 13.4. The zero-order valence-electron chi connectivity index (χ0n) is 13.4. The van der Waals surface area contributed by atoms with Gasteiger partial charge in [-0.05, 0) is 44.4 Å². The normalized spacial score (nSPS) is 10.8. The summed E-state index contributed by atoms with van der Waals surface area (Å²) >= 11 is 0. The van der Waals surface area contributed by atoms with Crippen molar-refractivity contribution >= 4 is 6.08 Å². The van der Waals surface area contributed by atoms with Crippen molar-refractivity contribution in [2.24, 2.45) is 0 Å². The van der Waals surface area contributed by atoms with Crippen LogP contribution < -0.4 is 9.47 Å². The van der Waals surface area contributed by atoms with Crippen molar-refractivity contribution in [3.63, 3.8) is 0 Å². The number of hydrogen-bond donors (Lipinski definition) is 0. The van der Waals surface area contributed by atoms with E-state index in [1.807, 2.05) is 44.2 Å². The lowest BCUT2D eigenvalue weighted by Gasteiger charge is -2.09. The Morgan fingerprint density at radius 3 is 2.23 bits per heavy atom. The van der Waals surface area contributed by atoms with Gasteiger partial charge in [-0.1, -0.05) is 48.6 Å². The summed E-state index contributed by atoms with van der Waals surface area (Å²) in [6.07, 6.45) is 6.28. The molecule has 0 fully saturated rings. The first-order valence-electron chi connectivity index (χ1n) is 7.94. The highest BCUT2D eigenvalue weighted by molar-refractivity contribution is 5.57. The van der Waals surface area contributed by atoms with Crippen LogP contribution in [0.2, 0.25) is 0 Å². The SMILES string of the molecule is CCOc1ccccc1/C=C/CCc1ccccc1OCC. The van der Waals surface area contributed by atoms with Crippen LogP contribution in [0, 0.1) is 0 Å². The summed E-state index contributed by atoms with van der Waals surface area (Å²) in [7, 11) is 0. The van der Waals surface area contributed by atoms with E-state index in [-0.39, 0.29) is 0 Å². The first kappa shape index (κ1) is 16.2. The van der Waals surface area contributed by atoms with Crippen LogP contribution in [-0.2, 0) is 6.42 Å². The van der Waals surface area contributed by atoms with E-state index in [1.54, 1.807) is 0 Å². The molecule has 0 unspecified atom stereocenters. The molecule has 2 nitrogen and oxygen atoms in total. The predicted octanol–water partition coefficient (Wildman–Crippen LogP) is 5.13. The average Bonchev–Trinajstić information content (AvgIpc) is 2.55. The van der Waals surface area contributed by atoms with Crippen molar-refractivity contribution in [2.75, 3.05) is 13.2 Å². The smallest absolute Gasteiger partial charge is 0.126 e. The minimum Gasteiger partial charge on any atom is -0.494 e. The van der Waals surface area contributed by atoms with Gasteiger partial charge in [0.2, 0.25) is 0 Å². The highest BCUT2D eigenvalue weighted by Gasteiger charge is 2.01. The molecule has 2 aromatic rings. The Balaban J connectivity index is 1.96. The summed E-state index contributed by atoms with van der Waals surface area (Å²) in [5.41, 5.74) is 2.38. The van der Waals surface area contributed by atoms with E-state index < -0.39 is 0 Å². The van der Waals surface area contributed by atoms with Crippen LogP contribution in [-0.4, -0.2) is 13.2 Å². The molecule has 0 radical (unpaired) electrons. The topological polar surface area (TPSA) is 18.5 Å². The monoisotopic (exact) mass is 296 g/mol. The quantitative estimate of drug-likeness (QED) is 0.672. The Morgan fingerprint density at radius 2 is 1.45 bits per heavy atom. The second-order valence-electron chi connectivity index (χ2n) is 4.95. The summed E-state index contributed by atoms with van der Waals surface area (Å²) in [6, 6.07) is 16.4. The first-order valence-corrected chi connectivity index (χ1v) is 7.94. The van der Waals surface area contributed by atoms with E-state index in [4.69, 9.17) is 9.47 Å². The molecule has 0 spiro atoms. The Labute approximate surface area is 133 Å². The fourth-order valence-corrected chi connectivity index (χ4v) is 2.36. The summed E-state index contributed by atoms with van der Waals surface area (Å²) in [5.74, 6) is 1.93. The van der Waals surface area contributed by atoms with Crippen LogP contribution in [0.3, 0.4) is 0 Å². The number of allylic oxidation sites excluding steroid dienone is 1. The summed E-state index contributed by atoms with van der Waals surface area (Å²) < 4.78 is 11.3. The second-order valence-corrected chi connectivity index (χ2v) is 4.95. The van der Waals surface area contributed by atoms with E-state index in [2.05, 4.69) is 30.4 Å². The highest BCUT2D eigenvalue weighted by Crippen LogP contribution is 2.22. The maximum atomic E-state index is 5.66. The second kappa shape index (κ2) is 8.93. The number of ether oxygens (including phenoxy) is 2. The third-order valence-electron chi connectivity index (χ3n) is 3.37. The molecule has 0 amide bonds. The van der Waals surface area contributed by atoms with Crippen LogP contribution in [0.4, 0.5) is 0 Å². The van der Waals surface area contributed by atoms with Crippen LogP contribution in [0.5, 0.6) is 11.5 Å². The predicted molar refractivity (Wildman–Crippen MR) is 92.6 cm³/mol. The Kier molecular flexibility index (Phi) is 6.56. The number of benzene rings is 2. The standard InChI is InChI=1S/C20H24O2/c1-3-21-19-15-9-7-13-17(19)11-5-6-12-18-14-8-10-16-20(18)22-4-2/h5,7-11,13-16H,3-4,6,12H2,1-2H3/b11-5+. The number of para-hydroxylation sites is 2. The minimum atomic E-state index is 0.687. The van der Waals surface area contributed by atoms with E-state index in [9.17, 15) is 0 Å². The van der Waals surface area contributed by atoms with Crippen LogP contribution in [0.15, 0.2) is 54.6 Å². The molecule has 0 saturated heterocycles. The molecule has 22 heavy (non-hydrogen) atoms. The van der Waals surface area contributed by atoms with Crippen LogP contribution >= 0.6 is 0 Å². The van der Waals surface area contributed by atoms with E-state index in [0.29, 0.717) is 13.2 Å². The number of hydrogen-bond acceptors (Lipinski definition) is 2. The molecule has 116 valence electrons. The van der Waals surface area contributed by atoms with Gasteiger partial charge < -0.3 is 9.47 Å². The van der Waals surface area contributed by atoms with Gasteiger partial charge in [0.15, 0.2) is 0 Å². The van der Waals surface area contributed by atoms with Gasteiger partial charge in [0, 0.05) is 5.56 Å². The molecule has 2 aromatic carbocycles. The van der Waals surface area contributed by atoms with Crippen molar-refractivity contribution in [3.8, 4) is 11.5 Å². The Hall–Kier alpha value is -2.22. The maximum absolute atomic E-state index is 5.66. The fraction of sp³-hybridized carbons (Fsp3) is 0.300. The summed E-state index contributed by atoms with van der Waals surface area (Å²) in [5, 5.41) is 0. The summed E-state index contributed by atoms with van der Waals surface area (Å²) in [4.78, 5) is 0. The van der Waals surface area contributed by atoms with Gasteiger partial charge in [-0.3, -0.25) is 0 Å². The van der Waals surface area contributed by atoms with Gasteiger partial charge in [-0.15, -0.1) is 0 Å². The molecular weight excluding hydrogens is 272 g/mol. The molecule has 0 N–H and O–H groups in total. The molecule has 0 aromatic heterocycles. The molecule has 2 rings (SSSR count). The lowest BCUT2D eigenvalue weighted by molar-refractivity contribution is 0.336. The van der Waals surface area contributed by atoms with Crippen LogP contribution in [0.25, 0.3) is 6.08 Å². The van der Waals surface area contributed by atoms with E-state index in [0.717, 1.165) is 29.9 Å². The fourth-order valence-electron chi connectivity index (χ4n) is 2.36. The first-order chi connectivity index (χ1) is 10.8. The molecule has 0 bridgehead atoms. The molecule has 0 aliphatic carbocycles. The van der Waals surface area contributed by atoms with Gasteiger partial charge in [0.1, 0.15) is 11.5 Å². The average molecular weight is 296 g/mol. The maximum Gasteiger partial charge on any atom is 0.126 e. The minimum absolute atomic E-state index is 0.687. The van der Waals surface area contributed by atoms with Crippen LogP contribution in [0.1, 0.15) is 31.4 Å². The third-order valence-corrected chi connectivity index (χ3v) is 3.37. The van der Waals surface area contributed by atoms with Gasteiger partial charge in [-0.2, -0.15) is 0 Å². The summed E-state index contributed by atoms with van der Waals surface area (Å²) in [6.45, 7) is 5.41. The molecule has 2 heteroatoms. The van der Waals surface area contributed by atoms with Crippen molar-refractivity contribution < 1.29 is 9.47 Å². The Morgan fingerprint density at radius 1 is 0.818 bits per heavy atom. The molecule has 0 heterocycles. The van der Waals surface area contributed by atoms with Crippen molar-refractivity contribution in [2.45, 2.75) is 26.7 Å².